The van der Waals surface area contributed by atoms with Crippen LogP contribution in [0.15, 0.2) is 37.1 Å². The van der Waals surface area contributed by atoms with Gasteiger partial charge >= 0.3 is 0 Å². The first-order valence-corrected chi connectivity index (χ1v) is 2.46. The Morgan fingerprint density at radius 1 is 1.44 bits per heavy atom. The highest BCUT2D eigenvalue weighted by atomic mass is 16.2. The van der Waals surface area contributed by atoms with Crippen molar-refractivity contribution in [1.82, 2.24) is 0 Å². The number of hydrogen-bond acceptors (Lipinski definition) is 2. The number of aliphatic hydroxyl groups excluding tert-OH is 1. The topological polar surface area (TPSA) is 46.2 Å². The average molecular weight is 127 g/mol. The van der Waals surface area contributed by atoms with Crippen molar-refractivity contribution in [2.45, 2.75) is 0 Å². The van der Waals surface area contributed by atoms with Gasteiger partial charge < -0.3 is 10.8 Å². The van der Waals surface area contributed by atoms with Gasteiger partial charge in [0.05, 0.1) is 0 Å². The summed E-state index contributed by atoms with van der Waals surface area (Å²) in [6.45, 7) is 6.88. The molecule has 0 radical (unpaired) electrons. The van der Waals surface area contributed by atoms with E-state index in [4.69, 9.17) is 10.8 Å². The molecule has 0 saturated heterocycles. The molecule has 52 valence electrons. The van der Waals surface area contributed by atoms with E-state index in [0.29, 0.717) is 5.70 Å². The number of nitrogens with two attached hydrogens (primary N) is 1. The van der Waals surface area contributed by atoms with Crippen LogP contribution in [0.1, 0.15) is 0 Å². The molecule has 0 aliphatic rings. The van der Waals surface area contributed by atoms with E-state index in [1.54, 1.807) is 18.2 Å². The van der Waals surface area contributed by atoms with Gasteiger partial charge in [-0.1, -0.05) is 19.2 Å². The van der Waals surface area contributed by atoms with Crippen molar-refractivity contribution in [2.75, 3.05) is 7.11 Å². The van der Waals surface area contributed by atoms with Gasteiger partial charge in [0.1, 0.15) is 0 Å². The van der Waals surface area contributed by atoms with Crippen LogP contribution in [-0.2, 0) is 0 Å². The van der Waals surface area contributed by atoms with Gasteiger partial charge in [0, 0.05) is 12.8 Å². The monoisotopic (exact) mass is 127 g/mol. The molecule has 0 amide bonds. The summed E-state index contributed by atoms with van der Waals surface area (Å²) in [4.78, 5) is 0. The van der Waals surface area contributed by atoms with Crippen molar-refractivity contribution in [3.8, 4) is 0 Å². The summed E-state index contributed by atoms with van der Waals surface area (Å²) >= 11 is 0. The fourth-order valence-electron chi connectivity index (χ4n) is 0.204. The van der Waals surface area contributed by atoms with E-state index in [9.17, 15) is 0 Å². The molecular weight excluding hydrogens is 114 g/mol. The Bertz CT molecular complexity index is 105. The average Bonchev–Trinajstić information content (AvgIpc) is 1.93. The summed E-state index contributed by atoms with van der Waals surface area (Å²) in [6.07, 6.45) is 4.88. The van der Waals surface area contributed by atoms with Crippen molar-refractivity contribution in [3.05, 3.63) is 37.1 Å². The summed E-state index contributed by atoms with van der Waals surface area (Å²) in [6, 6.07) is 0. The Morgan fingerprint density at radius 2 is 1.89 bits per heavy atom. The molecule has 0 aromatic heterocycles. The molecular formula is C7H13NO. The lowest BCUT2D eigenvalue weighted by Gasteiger charge is -1.81. The quantitative estimate of drug-likeness (QED) is 0.539. The summed E-state index contributed by atoms with van der Waals surface area (Å²) in [5, 5.41) is 7.00. The van der Waals surface area contributed by atoms with Gasteiger partial charge in [-0.15, -0.1) is 0 Å². The maximum Gasteiger partial charge on any atom is 0.0319 e. The predicted octanol–water partition coefficient (Wildman–Crippen LogP) is 0.809. The summed E-state index contributed by atoms with van der Waals surface area (Å²) in [5.41, 5.74) is 5.90. The molecule has 2 heteroatoms. The van der Waals surface area contributed by atoms with E-state index in [1.807, 2.05) is 0 Å². The van der Waals surface area contributed by atoms with Gasteiger partial charge in [-0.2, -0.15) is 0 Å². The van der Waals surface area contributed by atoms with Gasteiger partial charge in [-0.25, -0.2) is 0 Å². The zero-order chi connectivity index (χ0) is 7.70. The van der Waals surface area contributed by atoms with Crippen LogP contribution in [0.3, 0.4) is 0 Å². The molecule has 0 saturated carbocycles. The normalized spacial score (nSPS) is 8.89. The van der Waals surface area contributed by atoms with E-state index in [1.165, 1.54) is 0 Å². The minimum Gasteiger partial charge on any atom is -0.400 e. The first-order valence-electron chi connectivity index (χ1n) is 2.46. The number of hydrogen-bond donors (Lipinski definition) is 2. The fourth-order valence-corrected chi connectivity index (χ4v) is 0.204. The van der Waals surface area contributed by atoms with Gasteiger partial charge in [0.25, 0.3) is 0 Å². The third-order valence-corrected chi connectivity index (χ3v) is 0.546. The summed E-state index contributed by atoms with van der Waals surface area (Å²) in [7, 11) is 1.00. The molecule has 0 aromatic rings. The third kappa shape index (κ3) is 10.9. The van der Waals surface area contributed by atoms with Gasteiger partial charge in [-0.3, -0.25) is 0 Å². The van der Waals surface area contributed by atoms with Crippen LogP contribution >= 0.6 is 0 Å². The van der Waals surface area contributed by atoms with Crippen molar-refractivity contribution < 1.29 is 5.11 Å². The number of rotatable bonds is 2. The maximum absolute atomic E-state index is 7.00. The van der Waals surface area contributed by atoms with Crippen molar-refractivity contribution >= 4 is 0 Å². The molecule has 9 heavy (non-hydrogen) atoms. The molecule has 0 spiro atoms. The third-order valence-electron chi connectivity index (χ3n) is 0.546. The smallest absolute Gasteiger partial charge is 0.0319 e. The first-order chi connectivity index (χ1) is 4.31. The van der Waals surface area contributed by atoms with Crippen molar-refractivity contribution in [3.63, 3.8) is 0 Å². The molecule has 0 aliphatic carbocycles. The first kappa shape index (κ1) is 10.9. The van der Waals surface area contributed by atoms with Crippen molar-refractivity contribution in [1.29, 1.82) is 0 Å². The Morgan fingerprint density at radius 3 is 2.00 bits per heavy atom. The van der Waals surface area contributed by atoms with Crippen LogP contribution in [0.5, 0.6) is 0 Å². The largest absolute Gasteiger partial charge is 0.400 e. The summed E-state index contributed by atoms with van der Waals surface area (Å²) in [5.74, 6) is 0. The lowest BCUT2D eigenvalue weighted by Crippen LogP contribution is -1.89. The van der Waals surface area contributed by atoms with E-state index >= 15 is 0 Å². The van der Waals surface area contributed by atoms with Crippen LogP contribution < -0.4 is 5.73 Å². The molecule has 3 N–H and O–H groups in total. The van der Waals surface area contributed by atoms with Crippen LogP contribution in [0, 0.1) is 0 Å². The molecule has 0 unspecified atom stereocenters. The molecule has 0 aliphatic heterocycles. The Balaban J connectivity index is 0. The SMILES string of the molecule is C=C/C=C(/N)C=C.CO. The van der Waals surface area contributed by atoms with Crippen LogP contribution in [0.2, 0.25) is 0 Å². The van der Waals surface area contributed by atoms with Gasteiger partial charge in [0.2, 0.25) is 0 Å². The molecule has 0 atom stereocenters. The Labute approximate surface area is 56.0 Å². The zero-order valence-corrected chi connectivity index (χ0v) is 5.67. The fraction of sp³-hybridized carbons (Fsp3) is 0.143. The summed E-state index contributed by atoms with van der Waals surface area (Å²) < 4.78 is 0. The van der Waals surface area contributed by atoms with Crippen molar-refractivity contribution in [2.24, 2.45) is 5.73 Å². The maximum atomic E-state index is 7.00. The zero-order valence-electron chi connectivity index (χ0n) is 5.67. The van der Waals surface area contributed by atoms with E-state index < -0.39 is 0 Å². The molecule has 0 bridgehead atoms. The minimum absolute atomic E-state index is 0.648. The molecule has 0 heterocycles. The number of allylic oxidation sites excluding steroid dienone is 3. The van der Waals surface area contributed by atoms with Crippen LogP contribution in [0.25, 0.3) is 0 Å². The molecule has 0 rings (SSSR count). The van der Waals surface area contributed by atoms with Gasteiger partial charge in [0.15, 0.2) is 0 Å². The van der Waals surface area contributed by atoms with E-state index in [2.05, 4.69) is 13.2 Å². The Hall–Kier alpha value is -1.02. The van der Waals surface area contributed by atoms with E-state index in [-0.39, 0.29) is 0 Å². The molecule has 0 fully saturated rings. The lowest BCUT2D eigenvalue weighted by molar-refractivity contribution is 0.399. The minimum atomic E-state index is 0.648. The predicted molar refractivity (Wildman–Crippen MR) is 40.8 cm³/mol. The lowest BCUT2D eigenvalue weighted by atomic mass is 10.4. The second-order valence-electron chi connectivity index (χ2n) is 1.11. The number of aliphatic hydroxyl groups is 1. The second-order valence-corrected chi connectivity index (χ2v) is 1.11. The highest BCUT2D eigenvalue weighted by Crippen LogP contribution is 1.81. The molecule has 0 aromatic carbocycles. The van der Waals surface area contributed by atoms with E-state index in [0.717, 1.165) is 7.11 Å². The van der Waals surface area contributed by atoms with Crippen LogP contribution in [0.4, 0.5) is 0 Å². The standard InChI is InChI=1S/C6H9N.CH4O/c1-3-5-6(7)4-2;1-2/h3-5H,1-2,7H2;2H,1H3/b6-5+;. The highest BCUT2D eigenvalue weighted by molar-refractivity contribution is 5.16. The molecule has 2 nitrogen and oxygen atoms in total. The Kier molecular flexibility index (Phi) is 12.2. The second kappa shape index (κ2) is 10.1. The highest BCUT2D eigenvalue weighted by Gasteiger charge is 1.69. The van der Waals surface area contributed by atoms with Crippen LogP contribution in [-0.4, -0.2) is 12.2 Å². The van der Waals surface area contributed by atoms with Gasteiger partial charge in [-0.05, 0) is 12.2 Å².